The molecule has 2 rings (SSSR count). The van der Waals surface area contributed by atoms with Crippen molar-refractivity contribution in [3.8, 4) is 0 Å². The highest BCUT2D eigenvalue weighted by Gasteiger charge is 2.13. The second-order valence-corrected chi connectivity index (χ2v) is 6.81. The summed E-state index contributed by atoms with van der Waals surface area (Å²) < 4.78 is 0.560. The fourth-order valence-electron chi connectivity index (χ4n) is 2.25. The molecule has 0 unspecified atom stereocenters. The van der Waals surface area contributed by atoms with E-state index in [4.69, 9.17) is 0 Å². The molecule has 3 N–H and O–H groups in total. The molecular weight excluding hydrogens is 428 g/mol. The standard InChI is InChI=1S/C20H17BrN2O5/c1-11(19(26)22-15-6-3-13(4-7-15)12(2)24)9-18(25)23-17-8-5-14(21)10-16(17)20(27)28/h3-10H,1-2H3,(H,22,26)(H,23,25)(H,27,28)/b11-9-. The first-order valence-electron chi connectivity index (χ1n) is 8.12. The van der Waals surface area contributed by atoms with Gasteiger partial charge in [-0.15, -0.1) is 0 Å². The topological polar surface area (TPSA) is 113 Å². The van der Waals surface area contributed by atoms with Gasteiger partial charge in [0.25, 0.3) is 5.91 Å². The SMILES string of the molecule is CC(=O)c1ccc(NC(=O)/C(C)=C\C(=O)Nc2ccc(Br)cc2C(=O)O)cc1. The number of carboxylic acid groups (broad SMARTS) is 1. The number of carboxylic acids is 1. The minimum Gasteiger partial charge on any atom is -0.478 e. The molecule has 0 spiro atoms. The van der Waals surface area contributed by atoms with E-state index in [1.54, 1.807) is 30.3 Å². The van der Waals surface area contributed by atoms with E-state index in [0.717, 1.165) is 6.08 Å². The first-order chi connectivity index (χ1) is 13.2. The highest BCUT2D eigenvalue weighted by atomic mass is 79.9. The summed E-state index contributed by atoms with van der Waals surface area (Å²) in [4.78, 5) is 46.9. The first kappa shape index (κ1) is 21.0. The molecule has 0 aromatic heterocycles. The van der Waals surface area contributed by atoms with E-state index in [9.17, 15) is 24.3 Å². The maximum Gasteiger partial charge on any atom is 0.337 e. The Morgan fingerprint density at radius 1 is 0.964 bits per heavy atom. The largest absolute Gasteiger partial charge is 0.478 e. The molecule has 28 heavy (non-hydrogen) atoms. The Morgan fingerprint density at radius 2 is 1.61 bits per heavy atom. The zero-order valence-corrected chi connectivity index (χ0v) is 16.7. The zero-order valence-electron chi connectivity index (χ0n) is 15.1. The number of benzene rings is 2. The van der Waals surface area contributed by atoms with Gasteiger partial charge in [0.1, 0.15) is 0 Å². The van der Waals surface area contributed by atoms with Crippen molar-refractivity contribution in [3.05, 3.63) is 69.7 Å². The number of hydrogen-bond acceptors (Lipinski definition) is 4. The minimum atomic E-state index is -1.19. The van der Waals surface area contributed by atoms with Gasteiger partial charge in [-0.3, -0.25) is 14.4 Å². The van der Waals surface area contributed by atoms with E-state index in [1.807, 2.05) is 0 Å². The molecule has 8 heteroatoms. The fraction of sp³-hybridized carbons (Fsp3) is 0.100. The van der Waals surface area contributed by atoms with E-state index in [-0.39, 0.29) is 22.6 Å². The van der Waals surface area contributed by atoms with Crippen LogP contribution in [0.1, 0.15) is 34.6 Å². The van der Waals surface area contributed by atoms with Gasteiger partial charge in [-0.05, 0) is 56.3 Å². The normalized spacial score (nSPS) is 10.9. The van der Waals surface area contributed by atoms with Crippen LogP contribution in [0, 0.1) is 0 Å². The number of ketones is 1. The Hall–Kier alpha value is -3.26. The molecular formula is C20H17BrN2O5. The van der Waals surface area contributed by atoms with Crippen molar-refractivity contribution in [2.45, 2.75) is 13.8 Å². The van der Waals surface area contributed by atoms with Crippen LogP contribution in [0.25, 0.3) is 0 Å². The molecule has 0 radical (unpaired) electrons. The number of rotatable bonds is 6. The summed E-state index contributed by atoms with van der Waals surface area (Å²) >= 11 is 3.17. The van der Waals surface area contributed by atoms with Crippen LogP contribution in [-0.2, 0) is 9.59 Å². The van der Waals surface area contributed by atoms with Gasteiger partial charge in [0, 0.05) is 27.4 Å². The van der Waals surface area contributed by atoms with Gasteiger partial charge in [0.05, 0.1) is 11.3 Å². The molecule has 0 atom stereocenters. The summed E-state index contributed by atoms with van der Waals surface area (Å²) in [7, 11) is 0. The fourth-order valence-corrected chi connectivity index (χ4v) is 2.61. The lowest BCUT2D eigenvalue weighted by Gasteiger charge is -2.08. The van der Waals surface area contributed by atoms with E-state index in [0.29, 0.717) is 15.7 Å². The molecule has 2 aromatic carbocycles. The van der Waals surface area contributed by atoms with Gasteiger partial charge >= 0.3 is 5.97 Å². The Bertz CT molecular complexity index is 981. The van der Waals surface area contributed by atoms with Crippen LogP contribution in [0.15, 0.2) is 58.6 Å². The van der Waals surface area contributed by atoms with E-state index >= 15 is 0 Å². The molecule has 0 saturated heterocycles. The maximum absolute atomic E-state index is 12.2. The van der Waals surface area contributed by atoms with E-state index in [2.05, 4.69) is 26.6 Å². The van der Waals surface area contributed by atoms with Crippen molar-refractivity contribution >= 4 is 50.9 Å². The highest BCUT2D eigenvalue weighted by molar-refractivity contribution is 9.10. The number of carbonyl (C=O) groups excluding carboxylic acids is 3. The number of aromatic carboxylic acids is 1. The second kappa shape index (κ2) is 9.09. The molecule has 0 fully saturated rings. The molecule has 0 heterocycles. The molecule has 144 valence electrons. The lowest BCUT2D eigenvalue weighted by atomic mass is 10.1. The molecule has 0 aliphatic carbocycles. The Labute approximate surface area is 169 Å². The zero-order chi connectivity index (χ0) is 20.8. The number of nitrogens with one attached hydrogen (secondary N) is 2. The molecule has 0 aliphatic heterocycles. The number of Topliss-reactive ketones (excluding diaryl/α,β-unsaturated/α-hetero) is 1. The van der Waals surface area contributed by atoms with Crippen molar-refractivity contribution in [3.63, 3.8) is 0 Å². The van der Waals surface area contributed by atoms with Crippen LogP contribution in [0.4, 0.5) is 11.4 Å². The first-order valence-corrected chi connectivity index (χ1v) is 8.91. The van der Waals surface area contributed by atoms with Crippen LogP contribution in [0.2, 0.25) is 0 Å². The van der Waals surface area contributed by atoms with Crippen LogP contribution in [0.5, 0.6) is 0 Å². The molecule has 0 saturated carbocycles. The number of anilines is 2. The minimum absolute atomic E-state index is 0.0798. The van der Waals surface area contributed by atoms with Crippen LogP contribution in [0.3, 0.4) is 0 Å². The van der Waals surface area contributed by atoms with Gasteiger partial charge in [-0.2, -0.15) is 0 Å². The smallest absolute Gasteiger partial charge is 0.337 e. The van der Waals surface area contributed by atoms with E-state index < -0.39 is 17.8 Å². The third kappa shape index (κ3) is 5.62. The van der Waals surface area contributed by atoms with Crippen LogP contribution < -0.4 is 10.6 Å². The van der Waals surface area contributed by atoms with Crippen molar-refractivity contribution in [1.82, 2.24) is 0 Å². The molecule has 2 aromatic rings. The Morgan fingerprint density at radius 3 is 2.18 bits per heavy atom. The lowest BCUT2D eigenvalue weighted by Crippen LogP contribution is -2.17. The highest BCUT2D eigenvalue weighted by Crippen LogP contribution is 2.21. The van der Waals surface area contributed by atoms with E-state index in [1.165, 1.54) is 26.0 Å². The van der Waals surface area contributed by atoms with Crippen molar-refractivity contribution in [2.24, 2.45) is 0 Å². The summed E-state index contributed by atoms with van der Waals surface area (Å²) in [6.07, 6.45) is 1.08. The summed E-state index contributed by atoms with van der Waals surface area (Å²) in [5.74, 6) is -2.41. The summed E-state index contributed by atoms with van der Waals surface area (Å²) in [5.41, 5.74) is 1.16. The summed E-state index contributed by atoms with van der Waals surface area (Å²) in [5, 5.41) is 14.3. The predicted molar refractivity (Wildman–Crippen MR) is 109 cm³/mol. The van der Waals surface area contributed by atoms with Gasteiger partial charge in [0.2, 0.25) is 5.91 Å². The van der Waals surface area contributed by atoms with Gasteiger partial charge < -0.3 is 15.7 Å². The quantitative estimate of drug-likeness (QED) is 0.462. The molecule has 0 bridgehead atoms. The number of amides is 2. The Balaban J connectivity index is 2.08. The van der Waals surface area contributed by atoms with Crippen LogP contribution in [-0.4, -0.2) is 28.7 Å². The third-order valence-electron chi connectivity index (χ3n) is 3.72. The number of halogens is 1. The number of hydrogen-bond donors (Lipinski definition) is 3. The third-order valence-corrected chi connectivity index (χ3v) is 4.22. The van der Waals surface area contributed by atoms with Crippen molar-refractivity contribution in [2.75, 3.05) is 10.6 Å². The van der Waals surface area contributed by atoms with Gasteiger partial charge in [-0.1, -0.05) is 15.9 Å². The number of carbonyl (C=O) groups is 4. The van der Waals surface area contributed by atoms with Crippen LogP contribution >= 0.6 is 15.9 Å². The second-order valence-electron chi connectivity index (χ2n) is 5.90. The van der Waals surface area contributed by atoms with Gasteiger partial charge in [-0.25, -0.2) is 4.79 Å². The summed E-state index contributed by atoms with van der Waals surface area (Å²) in [6.45, 7) is 2.90. The molecule has 7 nitrogen and oxygen atoms in total. The Kier molecular flexibility index (Phi) is 6.84. The lowest BCUT2D eigenvalue weighted by molar-refractivity contribution is -0.114. The molecule has 0 aliphatic rings. The average molecular weight is 445 g/mol. The average Bonchev–Trinajstić information content (AvgIpc) is 2.63. The maximum atomic E-state index is 12.2. The predicted octanol–water partition coefficient (Wildman–Crippen LogP) is 3.87. The van der Waals surface area contributed by atoms with Crippen molar-refractivity contribution in [1.29, 1.82) is 0 Å². The van der Waals surface area contributed by atoms with Crippen molar-refractivity contribution < 1.29 is 24.3 Å². The monoisotopic (exact) mass is 444 g/mol. The summed E-state index contributed by atoms with van der Waals surface area (Å²) in [6, 6.07) is 10.8. The molecule has 2 amide bonds. The van der Waals surface area contributed by atoms with Gasteiger partial charge in [0.15, 0.2) is 5.78 Å².